The van der Waals surface area contributed by atoms with Crippen LogP contribution in [-0.4, -0.2) is 0 Å². The Kier molecular flexibility index (Phi) is 4.58. The molecule has 2 nitrogen and oxygen atoms in total. The van der Waals surface area contributed by atoms with Gasteiger partial charge in [0.1, 0.15) is 5.58 Å². The Morgan fingerprint density at radius 1 is 0.438 bits per heavy atom. The van der Waals surface area contributed by atoms with Crippen molar-refractivity contribution in [1.82, 2.24) is 0 Å². The van der Waals surface area contributed by atoms with Gasteiger partial charge in [-0.25, -0.2) is 0 Å². The smallest absolute Gasteiger partial charge is 0.159 e. The van der Waals surface area contributed by atoms with Crippen LogP contribution in [0.3, 0.4) is 0 Å². The van der Waals surface area contributed by atoms with Crippen molar-refractivity contribution in [2.24, 2.45) is 0 Å². The van der Waals surface area contributed by atoms with E-state index >= 15 is 0 Å². The number of hydrogen-bond acceptors (Lipinski definition) is 2. The van der Waals surface area contributed by atoms with Gasteiger partial charge in [-0.05, 0) is 80.5 Å². The van der Waals surface area contributed by atoms with Crippen LogP contribution in [0.2, 0.25) is 0 Å². The summed E-state index contributed by atoms with van der Waals surface area (Å²) in [6, 6.07) is 31.7. The minimum atomic E-state index is -0.677. The van der Waals surface area contributed by atoms with E-state index < -0.39 is 72.0 Å². The first-order valence-corrected chi connectivity index (χ1v) is 15.5. The van der Waals surface area contributed by atoms with E-state index in [1.807, 2.05) is 115 Å². The third kappa shape index (κ3) is 4.83. The molecule has 0 aliphatic rings. The molecular formula is C46H31NO. The van der Waals surface area contributed by atoms with Crippen molar-refractivity contribution < 1.29 is 19.5 Å². The Balaban J connectivity index is 1.38. The number of para-hydroxylation sites is 2. The second kappa shape index (κ2) is 11.8. The molecule has 0 fully saturated rings. The van der Waals surface area contributed by atoms with Crippen molar-refractivity contribution >= 4 is 49.8 Å². The maximum absolute atomic E-state index is 9.65. The molecule has 1 aromatic heterocycles. The first-order valence-electron chi connectivity index (χ1n) is 21.0. The number of rotatable bonds is 6. The molecule has 0 saturated heterocycles. The van der Waals surface area contributed by atoms with Gasteiger partial charge in [-0.1, -0.05) is 151 Å². The van der Waals surface area contributed by atoms with Crippen LogP contribution in [0, 0.1) is 0 Å². The molecule has 0 spiro atoms. The zero-order chi connectivity index (χ0) is 41.4. The van der Waals surface area contributed by atoms with Crippen LogP contribution in [0.25, 0.3) is 66.1 Å². The molecule has 0 atom stereocenters. The second-order valence-corrected chi connectivity index (χ2v) is 11.3. The lowest BCUT2D eigenvalue weighted by atomic mass is 9.93. The predicted octanol–water partition coefficient (Wildman–Crippen LogP) is 13.2. The average molecular weight is 625 g/mol. The highest BCUT2D eigenvalue weighted by Gasteiger charge is 2.21. The highest BCUT2D eigenvalue weighted by atomic mass is 16.3. The fourth-order valence-electron chi connectivity index (χ4n) is 6.24. The minimum Gasteiger partial charge on any atom is -0.454 e. The van der Waals surface area contributed by atoms with E-state index in [0.717, 1.165) is 33.0 Å². The molecule has 0 aliphatic heterocycles. The van der Waals surface area contributed by atoms with E-state index in [2.05, 4.69) is 0 Å². The van der Waals surface area contributed by atoms with Crippen molar-refractivity contribution in [1.29, 1.82) is 0 Å². The van der Waals surface area contributed by atoms with E-state index in [1.165, 1.54) is 0 Å². The summed E-state index contributed by atoms with van der Waals surface area (Å²) in [7, 11) is 0. The standard InChI is InChI=1S/C46H31NO/c1-3-13-32(14-4-1)40-30-29-37(31-43(40)34-15-5-2-6-16-34)47(44-23-12-22-42-41-20-9-10-24-45(41)48-46(42)44)36-27-25-35(26-28-36)39-21-11-18-33-17-7-8-19-38(33)39/h1-31H/i7D,8D,11D,17D,18D,19D,21D,25D,26D,27D,28D. The van der Waals surface area contributed by atoms with Crippen molar-refractivity contribution in [2.45, 2.75) is 0 Å². The Labute approximate surface area is 295 Å². The van der Waals surface area contributed by atoms with Crippen LogP contribution < -0.4 is 4.90 Å². The summed E-state index contributed by atoms with van der Waals surface area (Å²) in [5, 5.41) is 0.922. The van der Waals surface area contributed by atoms with Crippen molar-refractivity contribution in [2.75, 3.05) is 4.90 Å². The van der Waals surface area contributed by atoms with Gasteiger partial charge >= 0.3 is 0 Å². The molecule has 0 amide bonds. The molecular weight excluding hydrogens is 583 g/mol. The van der Waals surface area contributed by atoms with Crippen LogP contribution in [0.15, 0.2) is 192 Å². The summed E-state index contributed by atoms with van der Waals surface area (Å²) in [5.41, 5.74) is 4.59. The molecule has 9 rings (SSSR count). The van der Waals surface area contributed by atoms with E-state index in [0.29, 0.717) is 22.5 Å². The quantitative estimate of drug-likeness (QED) is 0.183. The molecule has 8 aromatic carbocycles. The lowest BCUT2D eigenvalue weighted by molar-refractivity contribution is 0.669. The fourth-order valence-corrected chi connectivity index (χ4v) is 6.24. The fraction of sp³-hybridized carbons (Fsp3) is 0. The van der Waals surface area contributed by atoms with Crippen LogP contribution in [0.1, 0.15) is 15.1 Å². The summed E-state index contributed by atoms with van der Waals surface area (Å²) < 4.78 is 105. The highest BCUT2D eigenvalue weighted by molar-refractivity contribution is 6.10. The Hall–Kier alpha value is -6.38. The Bertz CT molecular complexity index is 3150. The van der Waals surface area contributed by atoms with Gasteiger partial charge in [-0.3, -0.25) is 0 Å². The second-order valence-electron chi connectivity index (χ2n) is 11.3. The van der Waals surface area contributed by atoms with Gasteiger partial charge < -0.3 is 9.32 Å². The van der Waals surface area contributed by atoms with Gasteiger partial charge in [0.2, 0.25) is 0 Å². The summed E-state index contributed by atoms with van der Waals surface area (Å²) in [5.74, 6) is 0. The van der Waals surface area contributed by atoms with Crippen LogP contribution >= 0.6 is 0 Å². The zero-order valence-electron chi connectivity index (χ0n) is 36.4. The van der Waals surface area contributed by atoms with E-state index in [-0.39, 0.29) is 22.0 Å². The number of fused-ring (bicyclic) bond motifs is 4. The third-order valence-electron chi connectivity index (χ3n) is 8.45. The SMILES string of the molecule is [2H]c1c([2H])c(N(c2ccc(-c3ccccc3)c(-c3ccccc3)c2)c2cccc3c2oc2ccccc23)c([2H])c([2H])c1-c1c([2H])c([2H])c([2H])c2c([2H])c([2H])c([2H])c([2H])c12. The third-order valence-corrected chi connectivity index (χ3v) is 8.45. The number of anilines is 3. The van der Waals surface area contributed by atoms with Gasteiger partial charge in [0, 0.05) is 22.1 Å². The summed E-state index contributed by atoms with van der Waals surface area (Å²) >= 11 is 0. The molecule has 226 valence electrons. The predicted molar refractivity (Wildman–Crippen MR) is 202 cm³/mol. The van der Waals surface area contributed by atoms with Crippen LogP contribution in [0.4, 0.5) is 17.1 Å². The molecule has 0 unspecified atom stereocenters. The van der Waals surface area contributed by atoms with E-state index in [9.17, 15) is 5.48 Å². The maximum atomic E-state index is 9.65. The molecule has 0 saturated carbocycles. The van der Waals surface area contributed by atoms with Gasteiger partial charge in [0.25, 0.3) is 0 Å². The van der Waals surface area contributed by atoms with Crippen molar-refractivity contribution in [3.63, 3.8) is 0 Å². The summed E-state index contributed by atoms with van der Waals surface area (Å²) in [6.45, 7) is 0. The van der Waals surface area contributed by atoms with Crippen molar-refractivity contribution in [3.8, 4) is 33.4 Å². The number of hydrogen-bond donors (Lipinski definition) is 0. The summed E-state index contributed by atoms with van der Waals surface area (Å²) in [6.07, 6.45) is 0. The maximum Gasteiger partial charge on any atom is 0.159 e. The van der Waals surface area contributed by atoms with Gasteiger partial charge in [-0.2, -0.15) is 0 Å². The monoisotopic (exact) mass is 624 g/mol. The lowest BCUT2D eigenvalue weighted by Gasteiger charge is -2.27. The number of benzene rings is 8. The van der Waals surface area contributed by atoms with E-state index in [4.69, 9.17) is 14.0 Å². The highest BCUT2D eigenvalue weighted by Crippen LogP contribution is 2.45. The van der Waals surface area contributed by atoms with E-state index in [1.54, 1.807) is 11.0 Å². The largest absolute Gasteiger partial charge is 0.454 e. The molecule has 48 heavy (non-hydrogen) atoms. The molecule has 0 bridgehead atoms. The van der Waals surface area contributed by atoms with Crippen LogP contribution in [-0.2, 0) is 0 Å². The van der Waals surface area contributed by atoms with Crippen molar-refractivity contribution in [3.05, 3.63) is 188 Å². The molecule has 2 heteroatoms. The van der Waals surface area contributed by atoms with Gasteiger partial charge in [-0.15, -0.1) is 0 Å². The first-order chi connectivity index (χ1) is 28.4. The molecule has 1 heterocycles. The zero-order valence-corrected chi connectivity index (χ0v) is 25.4. The van der Waals surface area contributed by atoms with Crippen LogP contribution in [0.5, 0.6) is 0 Å². The Morgan fingerprint density at radius 3 is 1.94 bits per heavy atom. The summed E-state index contributed by atoms with van der Waals surface area (Å²) in [4.78, 5) is 1.63. The molecule has 0 radical (unpaired) electrons. The minimum absolute atomic E-state index is 0.149. The average Bonchev–Trinajstić information content (AvgIpc) is 3.65. The molecule has 0 N–H and O–H groups in total. The number of nitrogens with zero attached hydrogens (tertiary/aromatic N) is 1. The van der Waals surface area contributed by atoms with Gasteiger partial charge in [0.15, 0.2) is 5.58 Å². The molecule has 9 aromatic rings. The topological polar surface area (TPSA) is 16.4 Å². The van der Waals surface area contributed by atoms with Gasteiger partial charge in [0.05, 0.1) is 20.8 Å². The lowest BCUT2D eigenvalue weighted by Crippen LogP contribution is -2.10. The normalized spacial score (nSPS) is 14.5. The number of furan rings is 1. The molecule has 0 aliphatic carbocycles. The Morgan fingerprint density at radius 2 is 1.12 bits per heavy atom. The first kappa shape index (κ1) is 18.7.